The van der Waals surface area contributed by atoms with Gasteiger partial charge in [0, 0.05) is 50.9 Å². The molecule has 2 aromatic carbocycles. The first kappa shape index (κ1) is 38.1. The Kier molecular flexibility index (Phi) is 13.7. The van der Waals surface area contributed by atoms with E-state index in [1.807, 2.05) is 13.8 Å². The van der Waals surface area contributed by atoms with E-state index >= 15 is 0 Å². The number of hydrogen-bond acceptors (Lipinski definition) is 6. The lowest BCUT2D eigenvalue weighted by Gasteiger charge is -2.39. The maximum absolute atomic E-state index is 14.0. The van der Waals surface area contributed by atoms with Crippen molar-refractivity contribution in [2.45, 2.75) is 63.4 Å². The zero-order chi connectivity index (χ0) is 34.7. The fourth-order valence-corrected chi connectivity index (χ4v) is 5.89. The van der Waals surface area contributed by atoms with E-state index in [1.54, 1.807) is 0 Å². The molecule has 1 heterocycles. The number of benzene rings is 2. The van der Waals surface area contributed by atoms with E-state index in [0.717, 1.165) is 28.6 Å². The van der Waals surface area contributed by atoms with Gasteiger partial charge in [0.25, 0.3) is 5.92 Å². The molecule has 46 heavy (non-hydrogen) atoms. The Balaban J connectivity index is 0.00000361. The monoisotopic (exact) mass is 675 g/mol. The van der Waals surface area contributed by atoms with Crippen LogP contribution in [0.3, 0.4) is 0 Å². The summed E-state index contributed by atoms with van der Waals surface area (Å²) in [6.45, 7) is 8.23. The Labute approximate surface area is 265 Å². The number of sulfonamides is 1. The summed E-state index contributed by atoms with van der Waals surface area (Å²) in [5.74, 6) is -4.87. The number of hydrogen-bond donors (Lipinski definition) is 2. The van der Waals surface area contributed by atoms with Gasteiger partial charge in [-0.1, -0.05) is 51.6 Å². The number of halogens is 5. The van der Waals surface area contributed by atoms with E-state index in [0.29, 0.717) is 11.3 Å². The lowest BCUT2D eigenvalue weighted by atomic mass is 10.0. The molecule has 0 spiro atoms. The SMILES string of the molecule is C=C(CC(=O)N1CCN(S(=O)(=O)c2ccc(OC(F)(F)F)cc2)[C@@H](C(=O)NCc2ccc(C(F)(F)CC)cc2)C1)NC=NC.CC. The number of nitrogens with one attached hydrogen (secondary N) is 2. The van der Waals surface area contributed by atoms with Gasteiger partial charge in [-0.3, -0.25) is 14.6 Å². The molecule has 0 unspecified atom stereocenters. The second kappa shape index (κ2) is 16.5. The first-order valence-corrected chi connectivity index (χ1v) is 15.8. The molecule has 0 aromatic heterocycles. The van der Waals surface area contributed by atoms with E-state index in [2.05, 4.69) is 26.9 Å². The molecule has 2 N–H and O–H groups in total. The first-order valence-electron chi connectivity index (χ1n) is 14.3. The van der Waals surface area contributed by atoms with Gasteiger partial charge in [0.1, 0.15) is 11.8 Å². The fourth-order valence-electron chi connectivity index (χ4n) is 4.32. The van der Waals surface area contributed by atoms with Crippen molar-refractivity contribution in [3.63, 3.8) is 0 Å². The molecule has 1 saturated heterocycles. The van der Waals surface area contributed by atoms with Crippen LogP contribution in [0.4, 0.5) is 22.0 Å². The minimum atomic E-state index is -4.98. The first-order chi connectivity index (χ1) is 21.6. The van der Waals surface area contributed by atoms with Crippen LogP contribution in [0.25, 0.3) is 0 Å². The number of aliphatic imine (C=N–C) groups is 1. The maximum atomic E-state index is 14.0. The van der Waals surface area contributed by atoms with Gasteiger partial charge >= 0.3 is 6.36 Å². The highest BCUT2D eigenvalue weighted by atomic mass is 32.2. The number of nitrogens with zero attached hydrogens (tertiary/aromatic N) is 3. The van der Waals surface area contributed by atoms with E-state index in [-0.39, 0.29) is 38.2 Å². The van der Waals surface area contributed by atoms with Crippen molar-refractivity contribution in [1.29, 1.82) is 0 Å². The summed E-state index contributed by atoms with van der Waals surface area (Å²) in [4.78, 5) is 31.0. The largest absolute Gasteiger partial charge is 0.573 e. The summed E-state index contributed by atoms with van der Waals surface area (Å²) in [5.41, 5.74) is 0.587. The second-order valence-corrected chi connectivity index (χ2v) is 11.7. The quantitative estimate of drug-likeness (QED) is 0.190. The number of rotatable bonds is 12. The van der Waals surface area contributed by atoms with Crippen LogP contribution >= 0.6 is 0 Å². The summed E-state index contributed by atoms with van der Waals surface area (Å²) in [6.07, 6.45) is -4.20. The summed E-state index contributed by atoms with van der Waals surface area (Å²) in [5, 5.41) is 5.31. The standard InChI is InChI=1S/C28H32F5N5O5S.C2H6/c1-4-27(29,30)21-7-5-20(6-8-21)16-35-26(40)24-17-37(25(39)15-19(2)36-18-34-3)13-14-38(24)44(41,42)23-11-9-22(10-12-23)43-28(31,32)33;1-2/h5-12,18,24H,2,4,13-17H2,1,3H3,(H,34,36)(H,35,40);1-2H3/t24-;/m1./s1. The fraction of sp³-hybridized carbons (Fsp3) is 0.433. The zero-order valence-electron chi connectivity index (χ0n) is 25.9. The molecule has 1 fully saturated rings. The number of carbonyl (C=O) groups is 2. The van der Waals surface area contributed by atoms with E-state index in [1.165, 1.54) is 49.5 Å². The Morgan fingerprint density at radius 3 is 2.20 bits per heavy atom. The highest BCUT2D eigenvalue weighted by Gasteiger charge is 2.41. The maximum Gasteiger partial charge on any atom is 0.573 e. The number of ether oxygens (including phenoxy) is 1. The van der Waals surface area contributed by atoms with E-state index < -0.39 is 57.2 Å². The molecule has 0 bridgehead atoms. The zero-order valence-corrected chi connectivity index (χ0v) is 26.7. The van der Waals surface area contributed by atoms with Crippen molar-refractivity contribution in [2.75, 3.05) is 26.7 Å². The molecule has 0 aliphatic carbocycles. The van der Waals surface area contributed by atoms with Crippen LogP contribution < -0.4 is 15.4 Å². The van der Waals surface area contributed by atoms with Crippen LogP contribution in [-0.4, -0.2) is 74.9 Å². The molecule has 2 aromatic rings. The van der Waals surface area contributed by atoms with Crippen LogP contribution in [-0.2, 0) is 32.1 Å². The van der Waals surface area contributed by atoms with Gasteiger partial charge in [-0.25, -0.2) is 17.2 Å². The predicted octanol–water partition coefficient (Wildman–Crippen LogP) is 4.78. The molecule has 1 aliphatic rings. The van der Waals surface area contributed by atoms with Crippen molar-refractivity contribution in [2.24, 2.45) is 4.99 Å². The summed E-state index contributed by atoms with van der Waals surface area (Å²) in [7, 11) is -2.93. The molecular weight excluding hydrogens is 637 g/mol. The van der Waals surface area contributed by atoms with Crippen molar-refractivity contribution in [3.8, 4) is 5.75 Å². The van der Waals surface area contributed by atoms with Crippen LogP contribution in [0.2, 0.25) is 0 Å². The van der Waals surface area contributed by atoms with Crippen molar-refractivity contribution in [3.05, 3.63) is 71.9 Å². The third kappa shape index (κ3) is 10.5. The molecule has 2 amide bonds. The minimum absolute atomic E-state index is 0.0840. The van der Waals surface area contributed by atoms with Gasteiger partial charge < -0.3 is 20.3 Å². The number of carbonyl (C=O) groups excluding carboxylic acids is 2. The van der Waals surface area contributed by atoms with Crippen molar-refractivity contribution < 1.29 is 44.7 Å². The third-order valence-corrected chi connectivity index (χ3v) is 8.62. The molecule has 0 radical (unpaired) electrons. The van der Waals surface area contributed by atoms with Gasteiger partial charge in [-0.15, -0.1) is 13.2 Å². The Morgan fingerprint density at radius 1 is 1.04 bits per heavy atom. The van der Waals surface area contributed by atoms with Gasteiger partial charge in [0.15, 0.2) is 0 Å². The number of alkyl halides is 5. The number of amides is 2. The van der Waals surface area contributed by atoms with Crippen molar-refractivity contribution in [1.82, 2.24) is 19.8 Å². The van der Waals surface area contributed by atoms with Crippen LogP contribution in [0.1, 0.15) is 44.7 Å². The van der Waals surface area contributed by atoms with Crippen molar-refractivity contribution >= 4 is 28.2 Å². The predicted molar refractivity (Wildman–Crippen MR) is 163 cm³/mol. The lowest BCUT2D eigenvalue weighted by Crippen LogP contribution is -2.61. The van der Waals surface area contributed by atoms with Crippen LogP contribution in [0, 0.1) is 0 Å². The summed E-state index contributed by atoms with van der Waals surface area (Å²) < 4.78 is 97.4. The molecule has 1 aliphatic heterocycles. The second-order valence-electron chi connectivity index (χ2n) is 9.78. The third-order valence-electron chi connectivity index (χ3n) is 6.70. The summed E-state index contributed by atoms with van der Waals surface area (Å²) in [6, 6.07) is 7.37. The van der Waals surface area contributed by atoms with Crippen LogP contribution in [0.15, 0.2) is 70.7 Å². The molecule has 254 valence electrons. The normalized spacial score (nSPS) is 15.9. The Morgan fingerprint density at radius 2 is 1.65 bits per heavy atom. The van der Waals surface area contributed by atoms with Crippen LogP contribution in [0.5, 0.6) is 5.75 Å². The molecule has 10 nitrogen and oxygen atoms in total. The van der Waals surface area contributed by atoms with Gasteiger partial charge in [-0.05, 0) is 29.8 Å². The Hall–Kier alpha value is -4.05. The molecule has 0 saturated carbocycles. The average molecular weight is 676 g/mol. The van der Waals surface area contributed by atoms with Gasteiger partial charge in [0.05, 0.1) is 17.7 Å². The van der Waals surface area contributed by atoms with E-state index in [9.17, 15) is 40.0 Å². The Bertz CT molecular complexity index is 1470. The summed E-state index contributed by atoms with van der Waals surface area (Å²) >= 11 is 0. The lowest BCUT2D eigenvalue weighted by molar-refractivity contribution is -0.274. The van der Waals surface area contributed by atoms with Gasteiger partial charge in [-0.2, -0.15) is 4.31 Å². The minimum Gasteiger partial charge on any atom is -0.406 e. The molecule has 16 heteroatoms. The smallest absolute Gasteiger partial charge is 0.406 e. The highest BCUT2D eigenvalue weighted by molar-refractivity contribution is 7.89. The van der Waals surface area contributed by atoms with E-state index in [4.69, 9.17) is 0 Å². The van der Waals surface area contributed by atoms with Gasteiger partial charge in [0.2, 0.25) is 21.8 Å². The average Bonchev–Trinajstić information content (AvgIpc) is 3.03. The molecule has 1 atom stereocenters. The topological polar surface area (TPSA) is 120 Å². The molecular formula is C30H38F5N5O5S. The highest BCUT2D eigenvalue weighted by Crippen LogP contribution is 2.31. The molecule has 3 rings (SSSR count). The number of piperazine rings is 1.